The van der Waals surface area contributed by atoms with Crippen molar-refractivity contribution in [2.75, 3.05) is 18.0 Å². The summed E-state index contributed by atoms with van der Waals surface area (Å²) < 4.78 is 0. The zero-order valence-electron chi connectivity index (χ0n) is 17.1. The van der Waals surface area contributed by atoms with Gasteiger partial charge in [0.15, 0.2) is 0 Å². The molecular weight excluding hydrogens is 372 g/mol. The van der Waals surface area contributed by atoms with Gasteiger partial charge in [-0.25, -0.2) is 0 Å². The standard InChI is InChI=1S/C25H26N4O/c1-2-29(18-19-8-4-3-5-9-19)22-14-21(15-26-17-22)25(30)27-13-12-20-16-28-24-11-7-6-10-23(20)24/h3-11,14-17,28H,2,12-13,18H2,1H3,(H,27,30). The highest BCUT2D eigenvalue weighted by atomic mass is 16.1. The van der Waals surface area contributed by atoms with Crippen molar-refractivity contribution in [2.24, 2.45) is 0 Å². The topological polar surface area (TPSA) is 61.0 Å². The van der Waals surface area contributed by atoms with E-state index >= 15 is 0 Å². The number of benzene rings is 2. The Bertz CT molecular complexity index is 1120. The minimum atomic E-state index is -0.0973. The van der Waals surface area contributed by atoms with Gasteiger partial charge in [0.1, 0.15) is 0 Å². The Morgan fingerprint density at radius 3 is 2.70 bits per heavy atom. The number of hydrogen-bond acceptors (Lipinski definition) is 3. The van der Waals surface area contributed by atoms with Gasteiger partial charge in [0, 0.05) is 42.9 Å². The summed E-state index contributed by atoms with van der Waals surface area (Å²) in [5.41, 5.74) is 5.09. The number of amides is 1. The fourth-order valence-electron chi connectivity index (χ4n) is 3.67. The molecule has 0 saturated carbocycles. The van der Waals surface area contributed by atoms with Crippen molar-refractivity contribution in [1.29, 1.82) is 0 Å². The van der Waals surface area contributed by atoms with E-state index in [0.29, 0.717) is 12.1 Å². The van der Waals surface area contributed by atoms with Crippen LogP contribution in [0.4, 0.5) is 5.69 Å². The normalized spacial score (nSPS) is 10.8. The molecular formula is C25H26N4O. The van der Waals surface area contributed by atoms with E-state index in [-0.39, 0.29) is 5.91 Å². The number of para-hydroxylation sites is 1. The second kappa shape index (κ2) is 9.27. The first kappa shape index (κ1) is 19.7. The Hall–Kier alpha value is -3.60. The molecule has 30 heavy (non-hydrogen) atoms. The average Bonchev–Trinajstić information content (AvgIpc) is 3.21. The van der Waals surface area contributed by atoms with E-state index in [1.165, 1.54) is 16.5 Å². The second-order valence-electron chi connectivity index (χ2n) is 7.30. The van der Waals surface area contributed by atoms with E-state index in [1.807, 2.05) is 48.8 Å². The van der Waals surface area contributed by atoms with E-state index in [9.17, 15) is 4.79 Å². The van der Waals surface area contributed by atoms with Crippen LogP contribution in [-0.4, -0.2) is 29.0 Å². The molecule has 5 heteroatoms. The Morgan fingerprint density at radius 2 is 1.87 bits per heavy atom. The zero-order valence-corrected chi connectivity index (χ0v) is 17.1. The van der Waals surface area contributed by atoms with Gasteiger partial charge < -0.3 is 15.2 Å². The molecule has 0 saturated heterocycles. The smallest absolute Gasteiger partial charge is 0.252 e. The molecule has 0 bridgehead atoms. The van der Waals surface area contributed by atoms with E-state index in [0.717, 1.165) is 30.7 Å². The summed E-state index contributed by atoms with van der Waals surface area (Å²) in [6.07, 6.45) is 6.23. The van der Waals surface area contributed by atoms with E-state index < -0.39 is 0 Å². The lowest BCUT2D eigenvalue weighted by Gasteiger charge is -2.23. The van der Waals surface area contributed by atoms with Crippen LogP contribution in [0.1, 0.15) is 28.4 Å². The van der Waals surface area contributed by atoms with Gasteiger partial charge in [0.2, 0.25) is 0 Å². The minimum absolute atomic E-state index is 0.0973. The summed E-state index contributed by atoms with van der Waals surface area (Å²) in [6, 6.07) is 20.4. The predicted molar refractivity (Wildman–Crippen MR) is 122 cm³/mol. The fourth-order valence-corrected chi connectivity index (χ4v) is 3.67. The van der Waals surface area contributed by atoms with Crippen LogP contribution >= 0.6 is 0 Å². The summed E-state index contributed by atoms with van der Waals surface area (Å²) in [7, 11) is 0. The molecule has 0 unspecified atom stereocenters. The maximum Gasteiger partial charge on any atom is 0.252 e. The molecule has 0 spiro atoms. The lowest BCUT2D eigenvalue weighted by Crippen LogP contribution is -2.27. The molecule has 5 nitrogen and oxygen atoms in total. The van der Waals surface area contributed by atoms with Crippen LogP contribution in [0.15, 0.2) is 79.3 Å². The number of nitrogens with zero attached hydrogens (tertiary/aromatic N) is 2. The van der Waals surface area contributed by atoms with Crippen molar-refractivity contribution in [3.63, 3.8) is 0 Å². The van der Waals surface area contributed by atoms with Crippen LogP contribution in [-0.2, 0) is 13.0 Å². The van der Waals surface area contributed by atoms with Gasteiger partial charge in [-0.2, -0.15) is 0 Å². The maximum atomic E-state index is 12.7. The van der Waals surface area contributed by atoms with Gasteiger partial charge in [-0.3, -0.25) is 9.78 Å². The number of carbonyl (C=O) groups excluding carboxylic acids is 1. The van der Waals surface area contributed by atoms with Crippen molar-refractivity contribution < 1.29 is 4.79 Å². The monoisotopic (exact) mass is 398 g/mol. The summed E-state index contributed by atoms with van der Waals surface area (Å²) in [5, 5.41) is 4.23. The maximum absolute atomic E-state index is 12.7. The molecule has 2 heterocycles. The number of H-pyrrole nitrogens is 1. The van der Waals surface area contributed by atoms with Crippen LogP contribution in [0.2, 0.25) is 0 Å². The van der Waals surface area contributed by atoms with E-state index in [2.05, 4.69) is 51.4 Å². The Balaban J connectivity index is 1.39. The van der Waals surface area contributed by atoms with Crippen LogP contribution in [0.25, 0.3) is 10.9 Å². The first-order valence-corrected chi connectivity index (χ1v) is 10.3. The summed E-state index contributed by atoms with van der Waals surface area (Å²) in [5.74, 6) is -0.0973. The van der Waals surface area contributed by atoms with Gasteiger partial charge in [0.05, 0.1) is 17.4 Å². The molecule has 4 rings (SSSR count). The Kier molecular flexibility index (Phi) is 6.09. The predicted octanol–water partition coefficient (Wildman–Crippen LogP) is 4.56. The van der Waals surface area contributed by atoms with Gasteiger partial charge in [-0.15, -0.1) is 0 Å². The highest BCUT2D eigenvalue weighted by Gasteiger charge is 2.11. The largest absolute Gasteiger partial charge is 0.366 e. The van der Waals surface area contributed by atoms with Crippen molar-refractivity contribution in [2.45, 2.75) is 19.9 Å². The van der Waals surface area contributed by atoms with Crippen LogP contribution < -0.4 is 10.2 Å². The van der Waals surface area contributed by atoms with Crippen LogP contribution in [0.3, 0.4) is 0 Å². The van der Waals surface area contributed by atoms with E-state index in [4.69, 9.17) is 0 Å². The summed E-state index contributed by atoms with van der Waals surface area (Å²) in [6.45, 7) is 4.30. The van der Waals surface area contributed by atoms with Crippen LogP contribution in [0.5, 0.6) is 0 Å². The van der Waals surface area contributed by atoms with Gasteiger partial charge in [0.25, 0.3) is 5.91 Å². The lowest BCUT2D eigenvalue weighted by atomic mass is 10.1. The molecule has 2 N–H and O–H groups in total. The second-order valence-corrected chi connectivity index (χ2v) is 7.30. The van der Waals surface area contributed by atoms with Crippen molar-refractivity contribution >= 4 is 22.5 Å². The molecule has 2 aromatic carbocycles. The third kappa shape index (κ3) is 4.51. The molecule has 0 radical (unpaired) electrons. The zero-order chi connectivity index (χ0) is 20.8. The highest BCUT2D eigenvalue weighted by Crippen LogP contribution is 2.19. The third-order valence-electron chi connectivity index (χ3n) is 5.30. The van der Waals surface area contributed by atoms with Crippen molar-refractivity contribution in [3.8, 4) is 0 Å². The van der Waals surface area contributed by atoms with Gasteiger partial charge in [-0.05, 0) is 36.6 Å². The number of hydrogen-bond donors (Lipinski definition) is 2. The molecule has 0 aliphatic rings. The minimum Gasteiger partial charge on any atom is -0.366 e. The van der Waals surface area contributed by atoms with Crippen molar-refractivity contribution in [3.05, 3.63) is 95.9 Å². The molecule has 0 fully saturated rings. The molecule has 0 atom stereocenters. The number of anilines is 1. The quantitative estimate of drug-likeness (QED) is 0.457. The van der Waals surface area contributed by atoms with Crippen molar-refractivity contribution in [1.82, 2.24) is 15.3 Å². The number of aromatic nitrogens is 2. The van der Waals surface area contributed by atoms with Gasteiger partial charge >= 0.3 is 0 Å². The number of aromatic amines is 1. The molecule has 4 aromatic rings. The Labute approximate surface area is 176 Å². The number of pyridine rings is 1. The number of fused-ring (bicyclic) bond motifs is 1. The Morgan fingerprint density at radius 1 is 1.07 bits per heavy atom. The number of rotatable bonds is 8. The fraction of sp³-hybridized carbons (Fsp3) is 0.200. The first-order chi connectivity index (χ1) is 14.7. The molecule has 2 aromatic heterocycles. The van der Waals surface area contributed by atoms with E-state index in [1.54, 1.807) is 6.20 Å². The lowest BCUT2D eigenvalue weighted by molar-refractivity contribution is 0.0954. The third-order valence-corrected chi connectivity index (χ3v) is 5.30. The van der Waals surface area contributed by atoms with Crippen LogP contribution in [0, 0.1) is 0 Å². The first-order valence-electron chi connectivity index (χ1n) is 10.3. The number of carbonyl (C=O) groups is 1. The van der Waals surface area contributed by atoms with Gasteiger partial charge in [-0.1, -0.05) is 48.5 Å². The summed E-state index contributed by atoms with van der Waals surface area (Å²) in [4.78, 5) is 22.5. The average molecular weight is 399 g/mol. The summed E-state index contributed by atoms with van der Waals surface area (Å²) >= 11 is 0. The molecule has 0 aliphatic heterocycles. The molecule has 0 aliphatic carbocycles. The SMILES string of the molecule is CCN(Cc1ccccc1)c1cncc(C(=O)NCCc2c[nH]c3ccccc23)c1. The number of nitrogens with one attached hydrogen (secondary N) is 2. The highest BCUT2D eigenvalue weighted by molar-refractivity contribution is 5.94. The molecule has 1 amide bonds. The molecule has 152 valence electrons.